The Bertz CT molecular complexity index is 738. The Hall–Kier alpha value is -2.95. The van der Waals surface area contributed by atoms with E-state index in [9.17, 15) is 15.0 Å². The van der Waals surface area contributed by atoms with E-state index in [0.717, 1.165) is 6.21 Å². The van der Waals surface area contributed by atoms with E-state index < -0.39 is 24.3 Å². The van der Waals surface area contributed by atoms with Crippen molar-refractivity contribution in [2.24, 2.45) is 5.73 Å². The van der Waals surface area contributed by atoms with E-state index in [1.807, 2.05) is 0 Å². The van der Waals surface area contributed by atoms with Crippen LogP contribution < -0.4 is 21.7 Å². The number of hydrogen-bond donors (Lipinski definition) is 8. The molecule has 0 fully saturated rings. The molecule has 0 heterocycles. The highest BCUT2D eigenvalue weighted by molar-refractivity contribution is 6.14. The fourth-order valence-electron chi connectivity index (χ4n) is 2.20. The lowest BCUT2D eigenvalue weighted by Gasteiger charge is -2.32. The number of nitrogens with two attached hydrogens (primary N) is 1. The summed E-state index contributed by atoms with van der Waals surface area (Å²) in [6, 6.07) is 0. The Kier molecular flexibility index (Phi) is 8.58. The van der Waals surface area contributed by atoms with Crippen LogP contribution in [0.15, 0.2) is 47.0 Å². The van der Waals surface area contributed by atoms with E-state index in [2.05, 4.69) is 16.0 Å². The molecule has 0 aromatic carbocycles. The van der Waals surface area contributed by atoms with Gasteiger partial charge in [0.1, 0.15) is 24.3 Å². The second-order valence-electron chi connectivity index (χ2n) is 6.25. The van der Waals surface area contributed by atoms with Crippen LogP contribution in [0, 0.1) is 10.8 Å². The molecule has 0 aliphatic heterocycles. The summed E-state index contributed by atoms with van der Waals surface area (Å²) in [6.45, 7) is 0.954. The molecule has 2 atom stereocenters. The first-order valence-electron chi connectivity index (χ1n) is 8.49. The number of aliphatic hydroxyl groups is 2. The number of carbonyl (C=O) groups is 1. The maximum Gasteiger partial charge on any atom is 0.268 e. The highest BCUT2D eigenvalue weighted by Gasteiger charge is 2.33. The van der Waals surface area contributed by atoms with Gasteiger partial charge < -0.3 is 47.5 Å². The fraction of sp³-hybridized carbons (Fsp3) is 0.389. The predicted octanol–water partition coefficient (Wildman–Crippen LogP) is -1.15. The number of hydrogen-bond acceptors (Lipinski definition) is 9. The quantitative estimate of drug-likeness (QED) is 0.131. The van der Waals surface area contributed by atoms with Gasteiger partial charge in [-0.25, -0.2) is 0 Å². The molecule has 0 aromatic heterocycles. The maximum atomic E-state index is 12.7. The number of aliphatic hydroxyl groups excluding tert-OH is 2. The Morgan fingerprint density at radius 2 is 2.11 bits per heavy atom. The van der Waals surface area contributed by atoms with Gasteiger partial charge in [0.25, 0.3) is 5.91 Å². The van der Waals surface area contributed by atoms with Crippen molar-refractivity contribution in [3.05, 3.63) is 47.0 Å². The van der Waals surface area contributed by atoms with Gasteiger partial charge >= 0.3 is 0 Å². The lowest BCUT2D eigenvalue weighted by atomic mass is 9.98. The highest BCUT2D eigenvalue weighted by Crippen LogP contribution is 2.18. The van der Waals surface area contributed by atoms with Crippen LogP contribution >= 0.6 is 0 Å². The lowest BCUT2D eigenvalue weighted by Crippen LogP contribution is -2.61. The van der Waals surface area contributed by atoms with Gasteiger partial charge in [-0.1, -0.05) is 0 Å². The molecule has 1 aliphatic rings. The van der Waals surface area contributed by atoms with Gasteiger partial charge in [-0.05, 0) is 25.2 Å². The molecule has 0 aromatic rings. The summed E-state index contributed by atoms with van der Waals surface area (Å²) >= 11 is 0. The molecule has 28 heavy (non-hydrogen) atoms. The standard InChI is InChI=1S/C18H28N6O4/c1-18(10-25,17(21)27)24-16(26)15(23-3)13-6-12(4-5-14(13)20)28-9-11(7-19)8-22-2/h4-8,17,19-20,22-23,25,27H,9-10,21H2,1-3H3,(H,24,26)/b11-8+,15-13-,19-7?,20-14?. The molecule has 0 radical (unpaired) electrons. The van der Waals surface area contributed by atoms with Gasteiger partial charge in [0.15, 0.2) is 0 Å². The molecule has 0 saturated carbocycles. The third-order valence-electron chi connectivity index (χ3n) is 4.04. The second-order valence-corrected chi connectivity index (χ2v) is 6.25. The van der Waals surface area contributed by atoms with Crippen LogP contribution in [0.4, 0.5) is 0 Å². The van der Waals surface area contributed by atoms with Crippen molar-refractivity contribution in [3.8, 4) is 0 Å². The normalized spacial score (nSPS) is 19.1. The summed E-state index contributed by atoms with van der Waals surface area (Å²) in [5.41, 5.74) is 4.97. The van der Waals surface area contributed by atoms with Gasteiger partial charge in [0, 0.05) is 37.7 Å². The van der Waals surface area contributed by atoms with E-state index in [1.54, 1.807) is 19.3 Å². The summed E-state index contributed by atoms with van der Waals surface area (Å²) in [6.07, 6.45) is 5.87. The van der Waals surface area contributed by atoms with Gasteiger partial charge in [0.2, 0.25) is 0 Å². The minimum atomic E-state index is -1.48. The molecular weight excluding hydrogens is 364 g/mol. The zero-order chi connectivity index (χ0) is 21.3. The molecule has 1 rings (SSSR count). The number of allylic oxidation sites excluding steroid dienone is 4. The second kappa shape index (κ2) is 10.4. The van der Waals surface area contributed by atoms with Crippen LogP contribution in [-0.4, -0.2) is 67.1 Å². The average Bonchev–Trinajstić information content (AvgIpc) is 2.67. The number of nitrogens with one attached hydrogen (secondary N) is 5. The molecule has 10 heteroatoms. The van der Waals surface area contributed by atoms with Crippen LogP contribution in [-0.2, 0) is 9.53 Å². The molecule has 9 N–H and O–H groups in total. The van der Waals surface area contributed by atoms with Crippen LogP contribution in [0.5, 0.6) is 0 Å². The number of ether oxygens (including phenoxy) is 1. The van der Waals surface area contributed by atoms with Crippen molar-refractivity contribution in [3.63, 3.8) is 0 Å². The van der Waals surface area contributed by atoms with Crippen LogP contribution in [0.25, 0.3) is 0 Å². The number of rotatable bonds is 10. The first kappa shape index (κ1) is 23.1. The molecule has 1 amide bonds. The molecule has 10 nitrogen and oxygen atoms in total. The summed E-state index contributed by atoms with van der Waals surface area (Å²) in [5, 5.41) is 42.5. The minimum Gasteiger partial charge on any atom is -0.489 e. The van der Waals surface area contributed by atoms with E-state index >= 15 is 0 Å². The highest BCUT2D eigenvalue weighted by atomic mass is 16.5. The Morgan fingerprint density at radius 3 is 2.61 bits per heavy atom. The van der Waals surface area contributed by atoms with Crippen LogP contribution in [0.3, 0.4) is 0 Å². The smallest absolute Gasteiger partial charge is 0.268 e. The third kappa shape index (κ3) is 5.78. The predicted molar refractivity (Wildman–Crippen MR) is 107 cm³/mol. The molecule has 1 aliphatic carbocycles. The van der Waals surface area contributed by atoms with E-state index in [4.69, 9.17) is 21.3 Å². The Morgan fingerprint density at radius 1 is 1.43 bits per heavy atom. The van der Waals surface area contributed by atoms with Crippen molar-refractivity contribution in [2.75, 3.05) is 27.3 Å². The summed E-state index contributed by atoms with van der Waals surface area (Å²) < 4.78 is 5.63. The van der Waals surface area contributed by atoms with Crippen molar-refractivity contribution < 1.29 is 19.7 Å². The summed E-state index contributed by atoms with van der Waals surface area (Å²) in [5.74, 6) is -0.247. The van der Waals surface area contributed by atoms with Gasteiger partial charge in [-0.15, -0.1) is 0 Å². The topological polar surface area (TPSA) is 177 Å². The van der Waals surface area contributed by atoms with Crippen molar-refractivity contribution in [2.45, 2.75) is 18.7 Å². The average molecular weight is 392 g/mol. The molecule has 0 spiro atoms. The Labute approximate surface area is 163 Å². The number of likely N-dealkylation sites (N-methyl/N-ethyl adjacent to an activating group) is 1. The van der Waals surface area contributed by atoms with Gasteiger partial charge in [-0.3, -0.25) is 4.79 Å². The molecular formula is C18H28N6O4. The maximum absolute atomic E-state index is 12.7. The van der Waals surface area contributed by atoms with Crippen molar-refractivity contribution >= 4 is 17.8 Å². The number of carbonyl (C=O) groups excluding carboxylic acids is 1. The molecule has 0 saturated heterocycles. The minimum absolute atomic E-state index is 0.0498. The zero-order valence-corrected chi connectivity index (χ0v) is 16.2. The van der Waals surface area contributed by atoms with Crippen LogP contribution in [0.2, 0.25) is 0 Å². The zero-order valence-electron chi connectivity index (χ0n) is 16.2. The lowest BCUT2D eigenvalue weighted by molar-refractivity contribution is -0.122. The monoisotopic (exact) mass is 392 g/mol. The first-order chi connectivity index (χ1) is 13.2. The van der Waals surface area contributed by atoms with Gasteiger partial charge in [0.05, 0.1) is 17.9 Å². The molecule has 2 unspecified atom stereocenters. The van der Waals surface area contributed by atoms with Gasteiger partial charge in [-0.2, -0.15) is 0 Å². The third-order valence-corrected chi connectivity index (χ3v) is 4.04. The summed E-state index contributed by atoms with van der Waals surface area (Å²) in [4.78, 5) is 12.7. The van der Waals surface area contributed by atoms with E-state index in [1.165, 1.54) is 26.1 Å². The summed E-state index contributed by atoms with van der Waals surface area (Å²) in [7, 11) is 3.22. The van der Waals surface area contributed by atoms with E-state index in [-0.39, 0.29) is 23.6 Å². The SMILES string of the molecule is CN/C=C(\C=N)COC1=C/C(=C(/NC)C(=O)NC(C)(CO)C(N)O)C(=N)C=C1. The fourth-order valence-corrected chi connectivity index (χ4v) is 2.20. The van der Waals surface area contributed by atoms with E-state index in [0.29, 0.717) is 11.3 Å². The van der Waals surface area contributed by atoms with Crippen LogP contribution in [0.1, 0.15) is 6.92 Å². The number of amides is 1. The van der Waals surface area contributed by atoms with Crippen molar-refractivity contribution in [1.82, 2.24) is 16.0 Å². The molecule has 0 bridgehead atoms. The largest absolute Gasteiger partial charge is 0.489 e. The van der Waals surface area contributed by atoms with Crippen molar-refractivity contribution in [1.29, 1.82) is 10.8 Å². The first-order valence-corrected chi connectivity index (χ1v) is 8.49. The molecule has 154 valence electrons. The Balaban J connectivity index is 3.14.